The Kier molecular flexibility index (Phi) is 4.46. The third-order valence-corrected chi connectivity index (χ3v) is 3.96. The number of aryl methyl sites for hydroxylation is 1. The van der Waals surface area contributed by atoms with E-state index in [1.54, 1.807) is 0 Å². The molecule has 0 aromatic heterocycles. The molecule has 1 aromatic carbocycles. The van der Waals surface area contributed by atoms with Gasteiger partial charge in [-0.2, -0.15) is 0 Å². The van der Waals surface area contributed by atoms with Gasteiger partial charge in [0, 0.05) is 0 Å². The molecule has 2 rings (SSSR count). The van der Waals surface area contributed by atoms with Gasteiger partial charge in [-0.25, -0.2) is 0 Å². The molecule has 1 saturated carbocycles. The summed E-state index contributed by atoms with van der Waals surface area (Å²) in [4.78, 5) is 0. The van der Waals surface area contributed by atoms with Gasteiger partial charge in [0.05, 0.1) is 11.1 Å². The molecule has 2 N–H and O–H groups in total. The van der Waals surface area contributed by atoms with E-state index in [4.69, 9.17) is 10.5 Å². The summed E-state index contributed by atoms with van der Waals surface area (Å²) in [6.45, 7) is 3.61. The predicted molar refractivity (Wildman–Crippen MR) is 74.5 cm³/mol. The maximum absolute atomic E-state index is 5.98. The molecular formula is C14H20BrNO. The largest absolute Gasteiger partial charge is 0.492 e. The molecule has 0 bridgehead atoms. The van der Waals surface area contributed by atoms with Crippen LogP contribution < -0.4 is 10.5 Å². The molecule has 94 valence electrons. The van der Waals surface area contributed by atoms with Gasteiger partial charge in [-0.05, 0) is 71.8 Å². The maximum Gasteiger partial charge on any atom is 0.136 e. The molecule has 17 heavy (non-hydrogen) atoms. The van der Waals surface area contributed by atoms with E-state index < -0.39 is 0 Å². The lowest BCUT2D eigenvalue weighted by molar-refractivity contribution is 0.178. The molecule has 1 aromatic rings. The third-order valence-electron chi connectivity index (χ3n) is 3.37. The SMILES string of the molecule is Cc1cc(Br)c(OCC2CCC2)c(CCN)c1. The van der Waals surface area contributed by atoms with Crippen LogP contribution in [0.3, 0.4) is 0 Å². The highest BCUT2D eigenvalue weighted by Crippen LogP contribution is 2.33. The van der Waals surface area contributed by atoms with Crippen molar-refractivity contribution in [2.24, 2.45) is 11.7 Å². The van der Waals surface area contributed by atoms with Crippen LogP contribution in [-0.2, 0) is 6.42 Å². The lowest BCUT2D eigenvalue weighted by atomic mass is 9.86. The monoisotopic (exact) mass is 297 g/mol. The van der Waals surface area contributed by atoms with Crippen LogP contribution in [-0.4, -0.2) is 13.2 Å². The summed E-state index contributed by atoms with van der Waals surface area (Å²) in [5, 5.41) is 0. The zero-order valence-corrected chi connectivity index (χ0v) is 11.9. The smallest absolute Gasteiger partial charge is 0.136 e. The van der Waals surface area contributed by atoms with Crippen molar-refractivity contribution in [2.75, 3.05) is 13.2 Å². The fourth-order valence-corrected chi connectivity index (χ4v) is 2.89. The molecule has 0 amide bonds. The van der Waals surface area contributed by atoms with Crippen LogP contribution in [0.25, 0.3) is 0 Å². The Morgan fingerprint density at radius 1 is 1.41 bits per heavy atom. The van der Waals surface area contributed by atoms with Gasteiger partial charge < -0.3 is 10.5 Å². The highest BCUT2D eigenvalue weighted by molar-refractivity contribution is 9.10. The van der Waals surface area contributed by atoms with Gasteiger partial charge in [-0.1, -0.05) is 12.5 Å². The first-order chi connectivity index (χ1) is 8.20. The number of benzene rings is 1. The van der Waals surface area contributed by atoms with Crippen LogP contribution in [0.15, 0.2) is 16.6 Å². The number of halogens is 1. The van der Waals surface area contributed by atoms with Crippen LogP contribution in [0.5, 0.6) is 5.75 Å². The molecule has 0 saturated heterocycles. The van der Waals surface area contributed by atoms with Gasteiger partial charge in [0.1, 0.15) is 5.75 Å². The number of rotatable bonds is 5. The van der Waals surface area contributed by atoms with Crippen LogP contribution in [0.2, 0.25) is 0 Å². The van der Waals surface area contributed by atoms with Crippen molar-refractivity contribution in [1.82, 2.24) is 0 Å². The van der Waals surface area contributed by atoms with E-state index in [1.807, 2.05) is 0 Å². The quantitative estimate of drug-likeness (QED) is 0.904. The molecular weight excluding hydrogens is 278 g/mol. The van der Waals surface area contributed by atoms with Gasteiger partial charge >= 0.3 is 0 Å². The van der Waals surface area contributed by atoms with Crippen molar-refractivity contribution < 1.29 is 4.74 Å². The van der Waals surface area contributed by atoms with Gasteiger partial charge in [0.15, 0.2) is 0 Å². The van der Waals surface area contributed by atoms with Crippen molar-refractivity contribution in [1.29, 1.82) is 0 Å². The first-order valence-corrected chi connectivity index (χ1v) is 7.12. The maximum atomic E-state index is 5.98. The molecule has 2 nitrogen and oxygen atoms in total. The van der Waals surface area contributed by atoms with E-state index >= 15 is 0 Å². The van der Waals surface area contributed by atoms with Gasteiger partial charge in [0.2, 0.25) is 0 Å². The summed E-state index contributed by atoms with van der Waals surface area (Å²) in [5.41, 5.74) is 8.12. The normalized spacial score (nSPS) is 15.7. The van der Waals surface area contributed by atoms with E-state index in [9.17, 15) is 0 Å². The van der Waals surface area contributed by atoms with Crippen LogP contribution in [0.1, 0.15) is 30.4 Å². The first kappa shape index (κ1) is 12.9. The summed E-state index contributed by atoms with van der Waals surface area (Å²) < 4.78 is 7.03. The molecule has 1 aliphatic rings. The van der Waals surface area contributed by atoms with Gasteiger partial charge in [-0.15, -0.1) is 0 Å². The minimum Gasteiger partial charge on any atom is -0.492 e. The predicted octanol–water partition coefficient (Wildman–Crippen LogP) is 3.44. The van der Waals surface area contributed by atoms with Crippen molar-refractivity contribution in [2.45, 2.75) is 32.6 Å². The highest BCUT2D eigenvalue weighted by Gasteiger charge is 2.19. The van der Waals surface area contributed by atoms with Crippen LogP contribution in [0.4, 0.5) is 0 Å². The lowest BCUT2D eigenvalue weighted by Crippen LogP contribution is -2.20. The van der Waals surface area contributed by atoms with E-state index in [2.05, 4.69) is 35.0 Å². The Morgan fingerprint density at radius 3 is 2.76 bits per heavy atom. The van der Waals surface area contributed by atoms with E-state index in [-0.39, 0.29) is 0 Å². The summed E-state index contributed by atoms with van der Waals surface area (Å²) in [7, 11) is 0. The average Bonchev–Trinajstić information content (AvgIpc) is 2.19. The van der Waals surface area contributed by atoms with Crippen molar-refractivity contribution in [3.05, 3.63) is 27.7 Å². The van der Waals surface area contributed by atoms with E-state index in [1.165, 1.54) is 30.4 Å². The molecule has 1 aliphatic carbocycles. The molecule has 3 heteroatoms. The second-order valence-electron chi connectivity index (χ2n) is 4.88. The third kappa shape index (κ3) is 3.23. The Labute approximate surface area is 112 Å². The Balaban J connectivity index is 2.11. The van der Waals surface area contributed by atoms with Gasteiger partial charge in [-0.3, -0.25) is 0 Å². The van der Waals surface area contributed by atoms with Crippen molar-refractivity contribution >= 4 is 15.9 Å². The Hall–Kier alpha value is -0.540. The highest BCUT2D eigenvalue weighted by atomic mass is 79.9. The van der Waals surface area contributed by atoms with Crippen LogP contribution >= 0.6 is 15.9 Å². The van der Waals surface area contributed by atoms with Crippen LogP contribution in [0, 0.1) is 12.8 Å². The standard InChI is InChI=1S/C14H20BrNO/c1-10-7-12(5-6-16)14(13(15)8-10)17-9-11-3-2-4-11/h7-8,11H,2-6,9,16H2,1H3. The van der Waals surface area contributed by atoms with E-state index in [0.29, 0.717) is 6.54 Å². The molecule has 0 radical (unpaired) electrons. The summed E-state index contributed by atoms with van der Waals surface area (Å²) in [5.74, 6) is 1.75. The second-order valence-corrected chi connectivity index (χ2v) is 5.74. The zero-order valence-electron chi connectivity index (χ0n) is 10.3. The van der Waals surface area contributed by atoms with Crippen molar-refractivity contribution in [3.63, 3.8) is 0 Å². The Bertz CT molecular complexity index is 388. The Morgan fingerprint density at radius 2 is 2.18 bits per heavy atom. The van der Waals surface area contributed by atoms with Crippen molar-refractivity contribution in [3.8, 4) is 5.75 Å². The number of hydrogen-bond donors (Lipinski definition) is 1. The first-order valence-electron chi connectivity index (χ1n) is 6.32. The summed E-state index contributed by atoms with van der Waals surface area (Å²) in [6.07, 6.45) is 4.87. The minimum atomic E-state index is 0.662. The topological polar surface area (TPSA) is 35.2 Å². The number of ether oxygens (including phenoxy) is 1. The molecule has 0 atom stereocenters. The molecule has 0 heterocycles. The summed E-state index contributed by atoms with van der Waals surface area (Å²) in [6, 6.07) is 4.28. The molecule has 0 spiro atoms. The van der Waals surface area contributed by atoms with Gasteiger partial charge in [0.25, 0.3) is 0 Å². The molecule has 0 unspecified atom stereocenters. The lowest BCUT2D eigenvalue weighted by Gasteiger charge is -2.26. The number of nitrogens with two attached hydrogens (primary N) is 1. The fraction of sp³-hybridized carbons (Fsp3) is 0.571. The fourth-order valence-electron chi connectivity index (χ4n) is 2.16. The molecule has 0 aliphatic heterocycles. The zero-order chi connectivity index (χ0) is 12.3. The molecule has 1 fully saturated rings. The van der Waals surface area contributed by atoms with E-state index in [0.717, 1.165) is 29.2 Å². The number of hydrogen-bond acceptors (Lipinski definition) is 2. The minimum absolute atomic E-state index is 0.662. The summed E-state index contributed by atoms with van der Waals surface area (Å²) >= 11 is 3.59. The average molecular weight is 298 g/mol. The second kappa shape index (κ2) is 5.87.